The fraction of sp³-hybridized carbons (Fsp3) is 0.400. The van der Waals surface area contributed by atoms with Crippen LogP contribution in [0.15, 0.2) is 79.0 Å². The molecule has 3 amide bonds. The first kappa shape index (κ1) is 38.7. The summed E-state index contributed by atoms with van der Waals surface area (Å²) in [6.07, 6.45) is 2.79. The van der Waals surface area contributed by atoms with Crippen LogP contribution >= 0.6 is 0 Å². The molecule has 0 radical (unpaired) electrons. The second-order valence-corrected chi connectivity index (χ2v) is 16.4. The number of rotatable bonds is 13. The standard InChI is InChI=1S/C40H49N7O6S/c1-4-24-54(52,53)46-22-20-45(21-23-46)26-28-7-9-32(10-8-28)38(48)42-33-17-15-30(16-18-33)29-11-13-31(14-12-29)34-25-41-37(43-34)35-6-5-19-47(35)39(49)36(27(2)3)44-40(50)51/h7-18,25,27,35-36,44H,4-6,19-24,26H2,1-3H3,(H,41,43)(H,42,48)(H,50,51)/t35-,36-/m0/s1. The summed E-state index contributed by atoms with van der Waals surface area (Å²) in [7, 11) is -3.17. The van der Waals surface area contributed by atoms with Crippen molar-refractivity contribution in [2.45, 2.75) is 58.7 Å². The van der Waals surface area contributed by atoms with Gasteiger partial charge in [0.25, 0.3) is 5.91 Å². The maximum absolute atomic E-state index is 13.3. The predicted octanol–water partition coefficient (Wildman–Crippen LogP) is 5.81. The van der Waals surface area contributed by atoms with E-state index < -0.39 is 22.2 Å². The van der Waals surface area contributed by atoms with Crippen molar-refractivity contribution in [1.29, 1.82) is 0 Å². The summed E-state index contributed by atoms with van der Waals surface area (Å²) in [6.45, 7) is 9.13. The van der Waals surface area contributed by atoms with E-state index in [0.29, 0.717) is 62.8 Å². The van der Waals surface area contributed by atoms with Crippen molar-refractivity contribution < 1.29 is 27.9 Å². The van der Waals surface area contributed by atoms with Gasteiger partial charge in [-0.2, -0.15) is 4.31 Å². The fourth-order valence-electron chi connectivity index (χ4n) is 7.15. The van der Waals surface area contributed by atoms with Crippen molar-refractivity contribution in [1.82, 2.24) is 29.4 Å². The van der Waals surface area contributed by atoms with Crippen LogP contribution in [0.25, 0.3) is 22.4 Å². The number of H-pyrrole nitrogens is 1. The number of hydrogen-bond acceptors (Lipinski definition) is 7. The highest BCUT2D eigenvalue weighted by Crippen LogP contribution is 2.33. The molecule has 14 heteroatoms. The number of aromatic amines is 1. The molecule has 2 aliphatic rings. The lowest BCUT2D eigenvalue weighted by Crippen LogP contribution is -2.50. The highest BCUT2D eigenvalue weighted by atomic mass is 32.2. The SMILES string of the molecule is CCCS(=O)(=O)N1CCN(Cc2ccc(C(=O)Nc3ccc(-c4ccc(-c5c[nH]c([C@@H]6CCCN6C(=O)[C@@H](NC(=O)O)C(C)C)n5)cc4)cc3)cc2)CC1. The number of carbonyl (C=O) groups is 3. The number of carboxylic acid groups (broad SMARTS) is 1. The van der Waals surface area contributed by atoms with Gasteiger partial charge in [-0.15, -0.1) is 0 Å². The summed E-state index contributed by atoms with van der Waals surface area (Å²) in [5.41, 5.74) is 5.97. The number of piperazine rings is 1. The van der Waals surface area contributed by atoms with E-state index in [1.54, 1.807) is 9.21 Å². The molecule has 286 valence electrons. The molecule has 4 aromatic rings. The molecule has 0 unspecified atom stereocenters. The van der Waals surface area contributed by atoms with Crippen LogP contribution in [0.4, 0.5) is 10.5 Å². The molecule has 0 aliphatic carbocycles. The Morgan fingerprint density at radius 1 is 0.889 bits per heavy atom. The largest absolute Gasteiger partial charge is 0.465 e. The topological polar surface area (TPSA) is 168 Å². The van der Waals surface area contributed by atoms with Crippen molar-refractivity contribution in [2.75, 3.05) is 43.8 Å². The Kier molecular flexibility index (Phi) is 12.1. The number of hydrogen-bond donors (Lipinski definition) is 4. The van der Waals surface area contributed by atoms with Crippen LogP contribution in [0.1, 0.15) is 67.8 Å². The Labute approximate surface area is 316 Å². The lowest BCUT2D eigenvalue weighted by atomic mass is 10.0. The van der Waals surface area contributed by atoms with E-state index >= 15 is 0 Å². The van der Waals surface area contributed by atoms with Gasteiger partial charge in [-0.3, -0.25) is 14.5 Å². The van der Waals surface area contributed by atoms with Crippen LogP contribution in [0, 0.1) is 5.92 Å². The normalized spacial score (nSPS) is 17.4. The summed E-state index contributed by atoms with van der Waals surface area (Å²) in [6, 6.07) is 22.2. The van der Waals surface area contributed by atoms with Gasteiger partial charge >= 0.3 is 6.09 Å². The maximum atomic E-state index is 13.3. The Hall–Kier alpha value is -5.05. The number of nitrogens with zero attached hydrogens (tertiary/aromatic N) is 4. The lowest BCUT2D eigenvalue weighted by Gasteiger charge is -2.34. The molecule has 2 aliphatic heterocycles. The van der Waals surface area contributed by atoms with Crippen molar-refractivity contribution in [3.05, 3.63) is 95.9 Å². The number of aromatic nitrogens is 2. The number of benzene rings is 3. The van der Waals surface area contributed by atoms with Crippen molar-refractivity contribution >= 4 is 33.6 Å². The molecule has 0 bridgehead atoms. The van der Waals surface area contributed by atoms with Gasteiger partial charge in [-0.1, -0.05) is 69.3 Å². The van der Waals surface area contributed by atoms with Gasteiger partial charge in [0, 0.05) is 62.3 Å². The molecule has 3 heterocycles. The summed E-state index contributed by atoms with van der Waals surface area (Å²) in [5, 5.41) is 14.6. The van der Waals surface area contributed by atoms with Crippen molar-refractivity contribution in [2.24, 2.45) is 5.92 Å². The molecule has 13 nitrogen and oxygen atoms in total. The molecule has 2 fully saturated rings. The molecule has 6 rings (SSSR count). The van der Waals surface area contributed by atoms with Crippen LogP contribution in [0.5, 0.6) is 0 Å². The molecule has 2 saturated heterocycles. The number of anilines is 1. The second-order valence-electron chi connectivity index (χ2n) is 14.3. The minimum atomic E-state index is -3.17. The van der Waals surface area contributed by atoms with Crippen LogP contribution in [0.2, 0.25) is 0 Å². The average Bonchev–Trinajstić information content (AvgIpc) is 3.85. The predicted molar refractivity (Wildman–Crippen MR) is 208 cm³/mol. The monoisotopic (exact) mass is 755 g/mol. The van der Waals surface area contributed by atoms with Crippen molar-refractivity contribution in [3.63, 3.8) is 0 Å². The lowest BCUT2D eigenvalue weighted by molar-refractivity contribution is -0.135. The molecule has 0 saturated carbocycles. The van der Waals surface area contributed by atoms with Gasteiger partial charge in [0.1, 0.15) is 11.9 Å². The number of imidazole rings is 1. The molecule has 2 atom stereocenters. The van der Waals surface area contributed by atoms with E-state index in [9.17, 15) is 27.9 Å². The minimum absolute atomic E-state index is 0.188. The maximum Gasteiger partial charge on any atom is 0.405 e. The molecule has 0 spiro atoms. The van der Waals surface area contributed by atoms with Gasteiger partial charge in [0.2, 0.25) is 15.9 Å². The van der Waals surface area contributed by atoms with E-state index in [1.807, 2.05) is 99.8 Å². The van der Waals surface area contributed by atoms with Crippen LogP contribution in [-0.4, -0.2) is 100 Å². The molecule has 54 heavy (non-hydrogen) atoms. The zero-order valence-corrected chi connectivity index (χ0v) is 31.8. The van der Waals surface area contributed by atoms with Crippen LogP contribution in [0.3, 0.4) is 0 Å². The van der Waals surface area contributed by atoms with Crippen LogP contribution < -0.4 is 10.6 Å². The Morgan fingerprint density at radius 2 is 1.52 bits per heavy atom. The molecule has 1 aromatic heterocycles. The summed E-state index contributed by atoms with van der Waals surface area (Å²) < 4.78 is 26.3. The Morgan fingerprint density at radius 3 is 2.13 bits per heavy atom. The molecular weight excluding hydrogens is 707 g/mol. The third-order valence-corrected chi connectivity index (χ3v) is 12.2. The third kappa shape index (κ3) is 9.17. The number of amides is 3. The van der Waals surface area contributed by atoms with Gasteiger partial charge in [-0.05, 0) is 66.1 Å². The highest BCUT2D eigenvalue weighted by molar-refractivity contribution is 7.89. The quantitative estimate of drug-likeness (QED) is 0.133. The molecular formula is C40H49N7O6S. The summed E-state index contributed by atoms with van der Waals surface area (Å²) in [4.78, 5) is 49.7. The summed E-state index contributed by atoms with van der Waals surface area (Å²) >= 11 is 0. The van der Waals surface area contributed by atoms with E-state index in [4.69, 9.17) is 4.98 Å². The number of likely N-dealkylation sites (tertiary alicyclic amines) is 1. The second kappa shape index (κ2) is 17.0. The van der Waals surface area contributed by atoms with Gasteiger partial charge in [0.15, 0.2) is 0 Å². The highest BCUT2D eigenvalue weighted by Gasteiger charge is 2.37. The smallest absolute Gasteiger partial charge is 0.405 e. The first-order valence-electron chi connectivity index (χ1n) is 18.6. The zero-order valence-electron chi connectivity index (χ0n) is 31.0. The Balaban J connectivity index is 1.01. The van der Waals surface area contributed by atoms with Gasteiger partial charge in [-0.25, -0.2) is 18.2 Å². The van der Waals surface area contributed by atoms with E-state index in [0.717, 1.165) is 40.8 Å². The number of carbonyl (C=O) groups excluding carboxylic acids is 2. The van der Waals surface area contributed by atoms with E-state index in [2.05, 4.69) is 20.5 Å². The number of sulfonamides is 1. The van der Waals surface area contributed by atoms with E-state index in [1.165, 1.54) is 0 Å². The first-order valence-corrected chi connectivity index (χ1v) is 20.2. The Bertz CT molecular complexity index is 2020. The average molecular weight is 756 g/mol. The number of nitrogens with one attached hydrogen (secondary N) is 3. The third-order valence-electron chi connectivity index (χ3n) is 10.1. The molecule has 3 aromatic carbocycles. The van der Waals surface area contributed by atoms with Crippen LogP contribution in [-0.2, 0) is 21.4 Å². The first-order chi connectivity index (χ1) is 25.9. The minimum Gasteiger partial charge on any atom is -0.465 e. The molecule has 4 N–H and O–H groups in total. The van der Waals surface area contributed by atoms with Gasteiger partial charge in [0.05, 0.1) is 17.5 Å². The van der Waals surface area contributed by atoms with Crippen molar-refractivity contribution in [3.8, 4) is 22.4 Å². The van der Waals surface area contributed by atoms with Gasteiger partial charge < -0.3 is 25.6 Å². The van der Waals surface area contributed by atoms with E-state index in [-0.39, 0.29) is 29.5 Å². The summed E-state index contributed by atoms with van der Waals surface area (Å²) in [5.74, 6) is 0.245. The fourth-order valence-corrected chi connectivity index (χ4v) is 8.64. The zero-order chi connectivity index (χ0) is 38.4.